The number of methoxy groups -OCH3 is 1. The fourth-order valence-electron chi connectivity index (χ4n) is 9.37. The van der Waals surface area contributed by atoms with Gasteiger partial charge in [-0.2, -0.15) is 0 Å². The summed E-state index contributed by atoms with van der Waals surface area (Å²) in [6, 6.07) is 1.84. The lowest BCUT2D eigenvalue weighted by Gasteiger charge is -2.68. The topological polar surface area (TPSA) is 95.3 Å². The van der Waals surface area contributed by atoms with Crippen molar-refractivity contribution in [2.75, 3.05) is 7.11 Å². The quantitative estimate of drug-likeness (QED) is 0.455. The maximum Gasteiger partial charge on any atom is 0.339 e. The Balaban J connectivity index is 1.57. The van der Waals surface area contributed by atoms with Gasteiger partial charge >= 0.3 is 11.9 Å². The summed E-state index contributed by atoms with van der Waals surface area (Å²) in [7, 11) is 1.42. The molecule has 9 atom stereocenters. The highest BCUT2D eigenvalue weighted by molar-refractivity contribution is 5.96. The molecule has 0 N–H and O–H groups in total. The Kier molecular flexibility index (Phi) is 4.38. The van der Waals surface area contributed by atoms with E-state index < -0.39 is 40.0 Å². The van der Waals surface area contributed by atoms with Crippen molar-refractivity contribution in [1.29, 1.82) is 0 Å². The minimum atomic E-state index is -0.882. The SMILES string of the molecule is COC(=O)[C@@H]1C[C@H]2C(C)(C)C(=O)C=C[C@]2(C)[C@@H]2CC[C@@]3(C)[C@H](c4ccoc4)OC(=O)[C@H]4O[C@]43[C@]12C. The Morgan fingerprint density at radius 2 is 1.83 bits per heavy atom. The molecule has 1 aromatic rings. The fourth-order valence-corrected chi connectivity index (χ4v) is 9.37. The molecule has 0 radical (unpaired) electrons. The third-order valence-electron chi connectivity index (χ3n) is 11.1. The average molecular weight is 483 g/mol. The third-order valence-corrected chi connectivity index (χ3v) is 11.1. The first-order valence-electron chi connectivity index (χ1n) is 12.6. The summed E-state index contributed by atoms with van der Waals surface area (Å²) in [6.45, 7) is 10.5. The van der Waals surface area contributed by atoms with Gasteiger partial charge in [-0.15, -0.1) is 0 Å². The molecule has 35 heavy (non-hydrogen) atoms. The van der Waals surface area contributed by atoms with E-state index >= 15 is 0 Å². The highest BCUT2D eigenvalue weighted by atomic mass is 16.7. The molecule has 188 valence electrons. The van der Waals surface area contributed by atoms with Crippen LogP contribution >= 0.6 is 0 Å². The van der Waals surface area contributed by atoms with Crippen LogP contribution in [0.5, 0.6) is 0 Å². The van der Waals surface area contributed by atoms with Gasteiger partial charge < -0.3 is 18.6 Å². The molecule has 2 aliphatic heterocycles. The Bertz CT molecular complexity index is 1150. The zero-order valence-electron chi connectivity index (χ0n) is 21.3. The predicted molar refractivity (Wildman–Crippen MR) is 124 cm³/mol. The fraction of sp³-hybridized carbons (Fsp3) is 0.679. The van der Waals surface area contributed by atoms with E-state index in [9.17, 15) is 14.4 Å². The van der Waals surface area contributed by atoms with E-state index in [0.717, 1.165) is 18.4 Å². The van der Waals surface area contributed by atoms with Crippen LogP contribution in [0.3, 0.4) is 0 Å². The molecule has 5 aliphatic rings. The second-order valence-corrected chi connectivity index (χ2v) is 12.5. The van der Waals surface area contributed by atoms with Crippen molar-refractivity contribution < 1.29 is 33.0 Å². The first kappa shape index (κ1) is 23.0. The van der Waals surface area contributed by atoms with Crippen LogP contribution in [-0.4, -0.2) is 36.5 Å². The van der Waals surface area contributed by atoms with E-state index in [0.29, 0.717) is 6.42 Å². The minimum absolute atomic E-state index is 0.00968. The number of fused-ring (bicyclic) bond motifs is 3. The van der Waals surface area contributed by atoms with Gasteiger partial charge in [-0.05, 0) is 48.7 Å². The average Bonchev–Trinajstić information content (AvgIpc) is 3.38. The number of ether oxygens (including phenoxy) is 3. The molecule has 0 unspecified atom stereocenters. The number of cyclic esters (lactones) is 1. The smallest absolute Gasteiger partial charge is 0.339 e. The molecule has 3 heterocycles. The van der Waals surface area contributed by atoms with Crippen molar-refractivity contribution in [2.24, 2.45) is 39.4 Å². The number of ketones is 1. The van der Waals surface area contributed by atoms with Gasteiger partial charge in [0.15, 0.2) is 11.9 Å². The van der Waals surface area contributed by atoms with Crippen molar-refractivity contribution in [3.8, 4) is 0 Å². The first-order valence-corrected chi connectivity index (χ1v) is 12.6. The van der Waals surface area contributed by atoms with Crippen LogP contribution in [-0.2, 0) is 28.6 Å². The highest BCUT2D eigenvalue weighted by Crippen LogP contribution is 2.80. The number of allylic oxidation sites excluding steroid dienone is 2. The van der Waals surface area contributed by atoms with Gasteiger partial charge in [-0.1, -0.05) is 40.7 Å². The van der Waals surface area contributed by atoms with Gasteiger partial charge in [-0.25, -0.2) is 4.79 Å². The van der Waals surface area contributed by atoms with Crippen LogP contribution in [0.1, 0.15) is 65.5 Å². The molecule has 3 aliphatic carbocycles. The number of esters is 2. The molecular weight excluding hydrogens is 448 g/mol. The molecule has 0 amide bonds. The van der Waals surface area contributed by atoms with Crippen LogP contribution < -0.4 is 0 Å². The van der Waals surface area contributed by atoms with Gasteiger partial charge in [-0.3, -0.25) is 9.59 Å². The summed E-state index contributed by atoms with van der Waals surface area (Å²) >= 11 is 0. The molecule has 2 saturated heterocycles. The summed E-state index contributed by atoms with van der Waals surface area (Å²) in [5.74, 6) is -1.14. The van der Waals surface area contributed by atoms with Crippen LogP contribution in [0.4, 0.5) is 0 Å². The van der Waals surface area contributed by atoms with Gasteiger partial charge in [0.2, 0.25) is 0 Å². The maximum absolute atomic E-state index is 13.5. The molecule has 1 spiro atoms. The molecule has 0 bridgehead atoms. The number of epoxide rings is 1. The van der Waals surface area contributed by atoms with E-state index in [1.807, 2.05) is 19.9 Å². The maximum atomic E-state index is 13.5. The number of rotatable bonds is 2. The third kappa shape index (κ3) is 2.39. The Labute approximate surface area is 205 Å². The van der Waals surface area contributed by atoms with Crippen LogP contribution in [0, 0.1) is 39.4 Å². The van der Waals surface area contributed by atoms with E-state index in [1.54, 1.807) is 18.6 Å². The van der Waals surface area contributed by atoms with Gasteiger partial charge in [0.1, 0.15) is 11.7 Å². The van der Waals surface area contributed by atoms with Crippen LogP contribution in [0.15, 0.2) is 35.2 Å². The summed E-state index contributed by atoms with van der Waals surface area (Å²) in [5.41, 5.74) is -2.28. The summed E-state index contributed by atoms with van der Waals surface area (Å²) in [5, 5.41) is 0. The molecule has 7 nitrogen and oxygen atoms in total. The lowest BCUT2D eigenvalue weighted by atomic mass is 9.34. The number of furan rings is 1. The summed E-state index contributed by atoms with van der Waals surface area (Å²) < 4.78 is 23.2. The number of carbonyl (C=O) groups is 3. The summed E-state index contributed by atoms with van der Waals surface area (Å²) in [6.07, 6.45) is 7.83. The number of hydrogen-bond donors (Lipinski definition) is 0. The van der Waals surface area contributed by atoms with E-state index in [4.69, 9.17) is 18.6 Å². The molecule has 0 aromatic carbocycles. The van der Waals surface area contributed by atoms with Gasteiger partial charge in [0.25, 0.3) is 0 Å². The standard InChI is InChI=1S/C28H34O7/c1-24(2)18-13-16(22(30)32-6)27(5)17(25(18,3)10-8-19(24)29)7-11-26(4)20(15-9-12-33-14-15)34-23(31)21-28(26,27)35-21/h8-10,12,14,16-18,20-21H,7,11,13H2,1-6H3/t16-,17-,18-,20-,21+,25+,26-,27+,28+/m0/s1. The van der Waals surface area contributed by atoms with Crippen LogP contribution in [0.25, 0.3) is 0 Å². The van der Waals surface area contributed by atoms with Crippen molar-refractivity contribution in [1.82, 2.24) is 0 Å². The molecule has 7 heteroatoms. The molecule has 1 aromatic heterocycles. The Hall–Kier alpha value is -2.41. The van der Waals surface area contributed by atoms with E-state index in [1.165, 1.54) is 7.11 Å². The van der Waals surface area contributed by atoms with Gasteiger partial charge in [0.05, 0.1) is 25.6 Å². The number of carbonyl (C=O) groups excluding carboxylic acids is 3. The predicted octanol–water partition coefficient (Wildman–Crippen LogP) is 4.42. The lowest BCUT2D eigenvalue weighted by Crippen LogP contribution is -2.71. The minimum Gasteiger partial charge on any atom is -0.472 e. The van der Waals surface area contributed by atoms with Crippen molar-refractivity contribution in [2.45, 2.75) is 71.7 Å². The molecule has 4 fully saturated rings. The van der Waals surface area contributed by atoms with Crippen LogP contribution in [0.2, 0.25) is 0 Å². The largest absolute Gasteiger partial charge is 0.472 e. The van der Waals surface area contributed by atoms with Crippen molar-refractivity contribution in [3.63, 3.8) is 0 Å². The van der Waals surface area contributed by atoms with Crippen molar-refractivity contribution >= 4 is 17.7 Å². The number of hydrogen-bond acceptors (Lipinski definition) is 7. The van der Waals surface area contributed by atoms with Gasteiger partial charge in [0, 0.05) is 21.8 Å². The molecular formula is C28H34O7. The molecule has 2 saturated carbocycles. The Morgan fingerprint density at radius 1 is 1.09 bits per heavy atom. The Morgan fingerprint density at radius 3 is 2.49 bits per heavy atom. The zero-order chi connectivity index (χ0) is 25.2. The second-order valence-electron chi connectivity index (χ2n) is 12.5. The highest BCUT2D eigenvalue weighted by Gasteiger charge is 2.88. The summed E-state index contributed by atoms with van der Waals surface area (Å²) in [4.78, 5) is 39.7. The van der Waals surface area contributed by atoms with E-state index in [2.05, 4.69) is 26.8 Å². The normalized spacial score (nSPS) is 49.1. The zero-order valence-corrected chi connectivity index (χ0v) is 21.3. The molecule has 6 rings (SSSR count). The monoisotopic (exact) mass is 482 g/mol. The van der Waals surface area contributed by atoms with Crippen molar-refractivity contribution in [3.05, 3.63) is 36.3 Å². The first-order chi connectivity index (χ1) is 16.4. The van der Waals surface area contributed by atoms with E-state index in [-0.39, 0.29) is 35.0 Å². The second kappa shape index (κ2) is 6.67. The lowest BCUT2D eigenvalue weighted by molar-refractivity contribution is -0.236.